The number of amides is 2. The molecule has 1 rings (SSSR count). The second-order valence-corrected chi connectivity index (χ2v) is 4.83. The van der Waals surface area contributed by atoms with E-state index in [4.69, 9.17) is 5.11 Å². The molecule has 0 radical (unpaired) electrons. The van der Waals surface area contributed by atoms with Gasteiger partial charge in [0.05, 0.1) is 0 Å². The maximum atomic E-state index is 11.6. The standard InChI is InChI=1S/C12H15BrN2O3/c1-3-10(11(16)17)15-12(18)14-9-5-7(2)4-8(13)6-9/h4-6,10H,3H2,1-2H3,(H,16,17)(H2,14,15,18)/t10-/m1/s1. The molecule has 1 aromatic rings. The van der Waals surface area contributed by atoms with Crippen LogP contribution < -0.4 is 10.6 Å². The van der Waals surface area contributed by atoms with Gasteiger partial charge in [-0.05, 0) is 37.1 Å². The first-order chi connectivity index (χ1) is 8.42. The van der Waals surface area contributed by atoms with E-state index in [-0.39, 0.29) is 0 Å². The Labute approximate surface area is 114 Å². The molecule has 0 aromatic heterocycles. The molecule has 0 fully saturated rings. The Morgan fingerprint density at radius 1 is 1.39 bits per heavy atom. The molecule has 0 saturated heterocycles. The van der Waals surface area contributed by atoms with Gasteiger partial charge in [-0.15, -0.1) is 0 Å². The van der Waals surface area contributed by atoms with Crippen molar-refractivity contribution in [3.63, 3.8) is 0 Å². The smallest absolute Gasteiger partial charge is 0.326 e. The number of aliphatic carboxylic acids is 1. The van der Waals surface area contributed by atoms with Crippen molar-refractivity contribution in [3.05, 3.63) is 28.2 Å². The highest BCUT2D eigenvalue weighted by atomic mass is 79.9. The predicted octanol–water partition coefficient (Wildman–Crippen LogP) is 2.74. The monoisotopic (exact) mass is 314 g/mol. The maximum absolute atomic E-state index is 11.6. The molecule has 5 nitrogen and oxygen atoms in total. The first-order valence-corrected chi connectivity index (χ1v) is 6.29. The van der Waals surface area contributed by atoms with Crippen LogP contribution in [0.5, 0.6) is 0 Å². The molecule has 1 atom stereocenters. The van der Waals surface area contributed by atoms with Crippen molar-refractivity contribution in [3.8, 4) is 0 Å². The molecule has 3 N–H and O–H groups in total. The summed E-state index contributed by atoms with van der Waals surface area (Å²) in [5.41, 5.74) is 1.60. The molecule has 0 aliphatic rings. The number of hydrogen-bond acceptors (Lipinski definition) is 2. The van der Waals surface area contributed by atoms with Crippen molar-refractivity contribution in [1.29, 1.82) is 0 Å². The van der Waals surface area contributed by atoms with E-state index < -0.39 is 18.0 Å². The number of hydrogen-bond donors (Lipinski definition) is 3. The van der Waals surface area contributed by atoms with Crippen LogP contribution in [0.3, 0.4) is 0 Å². The Morgan fingerprint density at radius 3 is 2.56 bits per heavy atom. The van der Waals surface area contributed by atoms with Crippen LogP contribution in [-0.4, -0.2) is 23.1 Å². The van der Waals surface area contributed by atoms with Gasteiger partial charge in [-0.25, -0.2) is 9.59 Å². The molecule has 1 aromatic carbocycles. The molecule has 0 unspecified atom stereocenters. The summed E-state index contributed by atoms with van der Waals surface area (Å²) >= 11 is 3.32. The number of carboxylic acid groups (broad SMARTS) is 1. The second kappa shape index (κ2) is 6.39. The number of halogens is 1. The van der Waals surface area contributed by atoms with Gasteiger partial charge in [0.2, 0.25) is 0 Å². The van der Waals surface area contributed by atoms with Crippen LogP contribution in [0.1, 0.15) is 18.9 Å². The second-order valence-electron chi connectivity index (χ2n) is 3.91. The SMILES string of the molecule is CC[C@@H](NC(=O)Nc1cc(C)cc(Br)c1)C(=O)O. The fourth-order valence-corrected chi connectivity index (χ4v) is 2.08. The number of rotatable bonds is 4. The zero-order valence-corrected chi connectivity index (χ0v) is 11.7. The lowest BCUT2D eigenvalue weighted by Crippen LogP contribution is -2.42. The van der Waals surface area contributed by atoms with Crippen LogP contribution in [0.25, 0.3) is 0 Å². The van der Waals surface area contributed by atoms with Crippen molar-refractivity contribution < 1.29 is 14.7 Å². The molecule has 0 aliphatic heterocycles. The van der Waals surface area contributed by atoms with Crippen molar-refractivity contribution in [1.82, 2.24) is 5.32 Å². The first-order valence-electron chi connectivity index (χ1n) is 5.50. The topological polar surface area (TPSA) is 78.4 Å². The van der Waals surface area contributed by atoms with Gasteiger partial charge in [-0.3, -0.25) is 0 Å². The number of aryl methyl sites for hydroxylation is 1. The average molecular weight is 315 g/mol. The van der Waals surface area contributed by atoms with Crippen LogP contribution in [0.15, 0.2) is 22.7 Å². The number of carboxylic acids is 1. The summed E-state index contributed by atoms with van der Waals surface area (Å²) in [7, 11) is 0. The Kier molecular flexibility index (Phi) is 5.15. The van der Waals surface area contributed by atoms with E-state index in [1.165, 1.54) is 0 Å². The van der Waals surface area contributed by atoms with Gasteiger partial charge in [0.1, 0.15) is 6.04 Å². The van der Waals surface area contributed by atoms with Crippen LogP contribution in [0.2, 0.25) is 0 Å². The van der Waals surface area contributed by atoms with E-state index in [0.29, 0.717) is 12.1 Å². The highest BCUT2D eigenvalue weighted by Crippen LogP contribution is 2.18. The van der Waals surface area contributed by atoms with E-state index in [0.717, 1.165) is 10.0 Å². The third kappa shape index (κ3) is 4.37. The molecule has 98 valence electrons. The molecule has 18 heavy (non-hydrogen) atoms. The number of carbonyl (C=O) groups excluding carboxylic acids is 1. The minimum absolute atomic E-state index is 0.334. The highest BCUT2D eigenvalue weighted by Gasteiger charge is 2.17. The lowest BCUT2D eigenvalue weighted by atomic mass is 10.2. The molecular weight excluding hydrogens is 300 g/mol. The third-order valence-electron chi connectivity index (χ3n) is 2.31. The zero-order valence-electron chi connectivity index (χ0n) is 10.2. The maximum Gasteiger partial charge on any atom is 0.326 e. The number of urea groups is 1. The summed E-state index contributed by atoms with van der Waals surface area (Å²) in [6.45, 7) is 3.60. The lowest BCUT2D eigenvalue weighted by molar-refractivity contribution is -0.139. The summed E-state index contributed by atoms with van der Waals surface area (Å²) in [4.78, 5) is 22.4. The first kappa shape index (κ1) is 14.5. The third-order valence-corrected chi connectivity index (χ3v) is 2.77. The fraction of sp³-hybridized carbons (Fsp3) is 0.333. The van der Waals surface area contributed by atoms with E-state index in [1.54, 1.807) is 19.1 Å². The van der Waals surface area contributed by atoms with Crippen molar-refractivity contribution in [2.24, 2.45) is 0 Å². The average Bonchev–Trinajstić information content (AvgIpc) is 2.23. The summed E-state index contributed by atoms with van der Waals surface area (Å²) in [5.74, 6) is -1.04. The Bertz CT molecular complexity index is 442. The lowest BCUT2D eigenvalue weighted by Gasteiger charge is -2.13. The molecular formula is C12H15BrN2O3. The van der Waals surface area contributed by atoms with E-state index in [1.807, 2.05) is 13.0 Å². The molecule has 0 bridgehead atoms. The molecule has 0 saturated carbocycles. The van der Waals surface area contributed by atoms with Gasteiger partial charge in [-0.1, -0.05) is 22.9 Å². The van der Waals surface area contributed by atoms with E-state index >= 15 is 0 Å². The molecule has 0 spiro atoms. The van der Waals surface area contributed by atoms with Crippen LogP contribution in [0.4, 0.5) is 10.5 Å². The normalized spacial score (nSPS) is 11.7. The van der Waals surface area contributed by atoms with Gasteiger partial charge in [0, 0.05) is 10.2 Å². The van der Waals surface area contributed by atoms with Crippen molar-refractivity contribution in [2.75, 3.05) is 5.32 Å². The number of anilines is 1. The molecule has 0 heterocycles. The molecule has 6 heteroatoms. The van der Waals surface area contributed by atoms with Gasteiger partial charge in [0.25, 0.3) is 0 Å². The fourth-order valence-electron chi connectivity index (χ4n) is 1.47. The van der Waals surface area contributed by atoms with E-state index in [2.05, 4.69) is 26.6 Å². The predicted molar refractivity (Wildman–Crippen MR) is 72.7 cm³/mol. The van der Waals surface area contributed by atoms with Crippen LogP contribution in [0, 0.1) is 6.92 Å². The molecule has 0 aliphatic carbocycles. The van der Waals surface area contributed by atoms with Gasteiger partial charge in [0.15, 0.2) is 0 Å². The minimum atomic E-state index is -1.04. The van der Waals surface area contributed by atoms with E-state index in [9.17, 15) is 9.59 Å². The number of nitrogens with one attached hydrogen (secondary N) is 2. The number of carbonyl (C=O) groups is 2. The summed E-state index contributed by atoms with van der Waals surface area (Å²) in [5, 5.41) is 13.8. The van der Waals surface area contributed by atoms with Gasteiger partial charge < -0.3 is 15.7 Å². The number of benzene rings is 1. The quantitative estimate of drug-likeness (QED) is 0.799. The zero-order chi connectivity index (χ0) is 13.7. The summed E-state index contributed by atoms with van der Waals surface area (Å²) in [6.07, 6.45) is 0.334. The van der Waals surface area contributed by atoms with Gasteiger partial charge >= 0.3 is 12.0 Å². The highest BCUT2D eigenvalue weighted by molar-refractivity contribution is 9.10. The Hall–Kier alpha value is -1.56. The minimum Gasteiger partial charge on any atom is -0.480 e. The van der Waals surface area contributed by atoms with Crippen molar-refractivity contribution >= 4 is 33.6 Å². The Balaban J connectivity index is 2.67. The van der Waals surface area contributed by atoms with Crippen molar-refractivity contribution in [2.45, 2.75) is 26.3 Å². The van der Waals surface area contributed by atoms with Crippen LogP contribution in [-0.2, 0) is 4.79 Å². The largest absolute Gasteiger partial charge is 0.480 e. The van der Waals surface area contributed by atoms with Crippen LogP contribution >= 0.6 is 15.9 Å². The van der Waals surface area contributed by atoms with Gasteiger partial charge in [-0.2, -0.15) is 0 Å². The summed E-state index contributed by atoms with van der Waals surface area (Å²) in [6, 6.07) is 4.05. The Morgan fingerprint density at radius 2 is 2.06 bits per heavy atom. The summed E-state index contributed by atoms with van der Waals surface area (Å²) < 4.78 is 0.850. The molecule has 2 amide bonds.